The fourth-order valence-corrected chi connectivity index (χ4v) is 0.817. The molecule has 0 aromatic carbocycles. The van der Waals surface area contributed by atoms with Crippen LogP contribution in [0, 0.1) is 0 Å². The minimum atomic E-state index is 0. The van der Waals surface area contributed by atoms with Gasteiger partial charge in [-0.25, -0.2) is 0 Å². The normalized spacial score (nSPS) is 16.9. The van der Waals surface area contributed by atoms with Crippen LogP contribution in [0.2, 0.25) is 0 Å². The van der Waals surface area contributed by atoms with Crippen LogP contribution in [-0.2, 0) is 21.8 Å². The van der Waals surface area contributed by atoms with Crippen molar-refractivity contribution in [3.8, 4) is 0 Å². The van der Waals surface area contributed by atoms with Crippen molar-refractivity contribution in [1.29, 1.82) is 0 Å². The average Bonchev–Trinajstić information content (AvgIpc) is 1.88. The number of morpholine rings is 1. The standard InChI is InChI=1S/C5H12N4O.Cu/c6-5(7)8-9-1-3-10-4-2-9;/h1-4H2,(H4,6,7,8);. The Morgan fingerprint density at radius 3 is 2.27 bits per heavy atom. The first-order chi connectivity index (χ1) is 4.79. The smallest absolute Gasteiger partial charge is 0.208 e. The summed E-state index contributed by atoms with van der Waals surface area (Å²) in [4.78, 5) is 0. The summed E-state index contributed by atoms with van der Waals surface area (Å²) in [6.07, 6.45) is 0. The van der Waals surface area contributed by atoms with Gasteiger partial charge in [0.1, 0.15) is 0 Å². The van der Waals surface area contributed by atoms with Gasteiger partial charge in [-0.2, -0.15) is 0 Å². The molecule has 6 heteroatoms. The summed E-state index contributed by atoms with van der Waals surface area (Å²) in [7, 11) is 0. The molecule has 11 heavy (non-hydrogen) atoms. The molecule has 69 valence electrons. The third-order valence-corrected chi connectivity index (χ3v) is 1.24. The molecule has 1 aliphatic rings. The minimum Gasteiger partial charge on any atom is -0.378 e. The van der Waals surface area contributed by atoms with Gasteiger partial charge in [-0.3, -0.25) is 5.01 Å². The molecular formula is C5H12CuN4O. The van der Waals surface area contributed by atoms with E-state index < -0.39 is 0 Å². The molecule has 1 aliphatic heterocycles. The van der Waals surface area contributed by atoms with Crippen molar-refractivity contribution in [3.63, 3.8) is 0 Å². The average molecular weight is 208 g/mol. The Labute approximate surface area is 76.2 Å². The summed E-state index contributed by atoms with van der Waals surface area (Å²) >= 11 is 0. The van der Waals surface area contributed by atoms with E-state index in [4.69, 9.17) is 16.2 Å². The Kier molecular flexibility index (Phi) is 5.02. The van der Waals surface area contributed by atoms with Gasteiger partial charge in [0.25, 0.3) is 0 Å². The molecule has 1 fully saturated rings. The maximum atomic E-state index is 5.17. The summed E-state index contributed by atoms with van der Waals surface area (Å²) in [6, 6.07) is 0. The van der Waals surface area contributed by atoms with Crippen molar-refractivity contribution >= 4 is 5.96 Å². The minimum absolute atomic E-state index is 0. The molecule has 1 saturated heterocycles. The van der Waals surface area contributed by atoms with Crippen LogP contribution in [-0.4, -0.2) is 37.3 Å². The van der Waals surface area contributed by atoms with Crippen LogP contribution in [0.4, 0.5) is 0 Å². The van der Waals surface area contributed by atoms with Gasteiger partial charge in [-0.15, -0.1) is 5.10 Å². The molecule has 0 atom stereocenters. The summed E-state index contributed by atoms with van der Waals surface area (Å²) in [6.45, 7) is 2.96. The Morgan fingerprint density at radius 1 is 1.27 bits per heavy atom. The quantitative estimate of drug-likeness (QED) is 0.312. The molecule has 0 unspecified atom stereocenters. The first-order valence-corrected chi connectivity index (χ1v) is 3.21. The zero-order valence-electron chi connectivity index (χ0n) is 6.09. The molecular weight excluding hydrogens is 196 g/mol. The van der Waals surface area contributed by atoms with E-state index in [1.807, 2.05) is 0 Å². The van der Waals surface area contributed by atoms with Crippen molar-refractivity contribution in [1.82, 2.24) is 5.01 Å². The van der Waals surface area contributed by atoms with Crippen LogP contribution >= 0.6 is 0 Å². The van der Waals surface area contributed by atoms with Gasteiger partial charge in [0.15, 0.2) is 0 Å². The van der Waals surface area contributed by atoms with E-state index >= 15 is 0 Å². The van der Waals surface area contributed by atoms with E-state index in [9.17, 15) is 0 Å². The molecule has 1 radical (unpaired) electrons. The van der Waals surface area contributed by atoms with E-state index in [-0.39, 0.29) is 23.0 Å². The van der Waals surface area contributed by atoms with Crippen molar-refractivity contribution in [2.24, 2.45) is 16.6 Å². The fraction of sp³-hybridized carbons (Fsp3) is 0.800. The number of hydrogen-bond donors (Lipinski definition) is 2. The van der Waals surface area contributed by atoms with Crippen LogP contribution in [0.5, 0.6) is 0 Å². The van der Waals surface area contributed by atoms with E-state index in [0.29, 0.717) is 13.2 Å². The monoisotopic (exact) mass is 207 g/mol. The predicted molar refractivity (Wildman–Crippen MR) is 38.2 cm³/mol. The van der Waals surface area contributed by atoms with Gasteiger partial charge in [0.2, 0.25) is 5.96 Å². The van der Waals surface area contributed by atoms with Crippen LogP contribution in [0.1, 0.15) is 0 Å². The second-order valence-electron chi connectivity index (χ2n) is 2.09. The largest absolute Gasteiger partial charge is 0.378 e. The number of nitrogens with two attached hydrogens (primary N) is 2. The zero-order chi connectivity index (χ0) is 7.40. The number of ether oxygens (including phenoxy) is 1. The van der Waals surface area contributed by atoms with E-state index in [2.05, 4.69) is 5.10 Å². The summed E-state index contributed by atoms with van der Waals surface area (Å²) < 4.78 is 5.09. The van der Waals surface area contributed by atoms with Gasteiger partial charge in [0.05, 0.1) is 26.3 Å². The van der Waals surface area contributed by atoms with Gasteiger partial charge < -0.3 is 16.2 Å². The molecule has 1 rings (SSSR count). The van der Waals surface area contributed by atoms with Crippen LogP contribution in [0.25, 0.3) is 0 Å². The first-order valence-electron chi connectivity index (χ1n) is 3.21. The molecule has 0 amide bonds. The third-order valence-electron chi connectivity index (χ3n) is 1.24. The maximum Gasteiger partial charge on any atom is 0.208 e. The summed E-state index contributed by atoms with van der Waals surface area (Å²) in [5.74, 6) is 0.113. The summed E-state index contributed by atoms with van der Waals surface area (Å²) in [5.41, 5.74) is 10.3. The van der Waals surface area contributed by atoms with Gasteiger partial charge in [-0.05, 0) is 0 Å². The van der Waals surface area contributed by atoms with Crippen molar-refractivity contribution in [3.05, 3.63) is 0 Å². The second-order valence-corrected chi connectivity index (χ2v) is 2.09. The summed E-state index contributed by atoms with van der Waals surface area (Å²) in [5, 5.41) is 5.67. The maximum absolute atomic E-state index is 5.17. The number of guanidine groups is 1. The third kappa shape index (κ3) is 4.08. The molecule has 0 aliphatic carbocycles. The van der Waals surface area contributed by atoms with E-state index in [1.54, 1.807) is 5.01 Å². The first kappa shape index (κ1) is 10.5. The van der Waals surface area contributed by atoms with Crippen LogP contribution < -0.4 is 11.5 Å². The zero-order valence-corrected chi connectivity index (χ0v) is 7.03. The van der Waals surface area contributed by atoms with Gasteiger partial charge >= 0.3 is 0 Å². The van der Waals surface area contributed by atoms with E-state index in [0.717, 1.165) is 13.1 Å². The molecule has 0 aromatic rings. The van der Waals surface area contributed by atoms with Crippen LogP contribution in [0.3, 0.4) is 0 Å². The number of hydrazone groups is 1. The van der Waals surface area contributed by atoms with Crippen LogP contribution in [0.15, 0.2) is 5.10 Å². The SMILES string of the molecule is NC(N)=NN1CCOCC1.[Cu]. The number of rotatable bonds is 1. The predicted octanol–water partition coefficient (Wildman–Crippen LogP) is -1.50. The van der Waals surface area contributed by atoms with Crippen molar-refractivity contribution in [2.75, 3.05) is 26.3 Å². The Bertz CT molecular complexity index is 130. The van der Waals surface area contributed by atoms with Crippen molar-refractivity contribution in [2.45, 2.75) is 0 Å². The Morgan fingerprint density at radius 2 is 1.82 bits per heavy atom. The van der Waals surface area contributed by atoms with Crippen molar-refractivity contribution < 1.29 is 21.8 Å². The Balaban J connectivity index is 0.000001000. The molecule has 4 N–H and O–H groups in total. The number of hydrogen-bond acceptors (Lipinski definition) is 3. The number of nitrogens with zero attached hydrogens (tertiary/aromatic N) is 2. The molecule has 1 heterocycles. The van der Waals surface area contributed by atoms with E-state index in [1.165, 1.54) is 0 Å². The Hall–Kier alpha value is -0.451. The second kappa shape index (κ2) is 5.23. The molecule has 5 nitrogen and oxygen atoms in total. The van der Waals surface area contributed by atoms with Gasteiger partial charge in [0, 0.05) is 17.1 Å². The topological polar surface area (TPSA) is 76.9 Å². The fourth-order valence-electron chi connectivity index (χ4n) is 0.817. The molecule has 0 aromatic heterocycles. The molecule has 0 saturated carbocycles. The molecule has 0 spiro atoms. The van der Waals surface area contributed by atoms with Gasteiger partial charge in [-0.1, -0.05) is 0 Å². The molecule has 0 bridgehead atoms.